The fourth-order valence-corrected chi connectivity index (χ4v) is 2.60. The van der Waals surface area contributed by atoms with Crippen LogP contribution < -0.4 is 11.1 Å². The monoisotopic (exact) mass is 279 g/mol. The minimum atomic E-state index is -0.515. The molecule has 3 N–H and O–H groups in total. The molecule has 0 spiro atoms. The molecule has 0 aromatic carbocycles. The number of aromatic nitrogens is 3. The van der Waals surface area contributed by atoms with Crippen molar-refractivity contribution in [2.75, 3.05) is 6.54 Å². The smallest absolute Gasteiger partial charge is 0.273 e. The van der Waals surface area contributed by atoms with Crippen LogP contribution >= 0.6 is 0 Å². The molecule has 1 saturated carbocycles. The predicted octanol–water partition coefficient (Wildman–Crippen LogP) is 0.464. The molecule has 7 nitrogen and oxygen atoms in total. The SMILES string of the molecule is NC(=O)Cn1cc(C(=O)NCCC2CCCCC2)nn1. The number of primary amides is 1. The van der Waals surface area contributed by atoms with Gasteiger partial charge >= 0.3 is 0 Å². The second kappa shape index (κ2) is 7.02. The minimum Gasteiger partial charge on any atom is -0.368 e. The molecule has 1 fully saturated rings. The molecule has 1 aliphatic carbocycles. The quantitative estimate of drug-likeness (QED) is 0.789. The summed E-state index contributed by atoms with van der Waals surface area (Å²) in [6.07, 6.45) is 8.93. The van der Waals surface area contributed by atoms with E-state index in [-0.39, 0.29) is 18.1 Å². The predicted molar refractivity (Wildman–Crippen MR) is 72.7 cm³/mol. The van der Waals surface area contributed by atoms with Gasteiger partial charge < -0.3 is 11.1 Å². The Hall–Kier alpha value is -1.92. The maximum Gasteiger partial charge on any atom is 0.273 e. The van der Waals surface area contributed by atoms with Crippen molar-refractivity contribution in [3.05, 3.63) is 11.9 Å². The van der Waals surface area contributed by atoms with E-state index in [9.17, 15) is 9.59 Å². The first-order valence-corrected chi connectivity index (χ1v) is 7.12. The molecule has 1 aromatic heterocycles. The van der Waals surface area contributed by atoms with Gasteiger partial charge in [0.05, 0.1) is 6.20 Å². The number of carbonyl (C=O) groups is 2. The summed E-state index contributed by atoms with van der Waals surface area (Å²) < 4.78 is 1.26. The zero-order chi connectivity index (χ0) is 14.4. The van der Waals surface area contributed by atoms with Gasteiger partial charge in [0, 0.05) is 6.54 Å². The highest BCUT2D eigenvalue weighted by atomic mass is 16.2. The van der Waals surface area contributed by atoms with Crippen LogP contribution in [0.3, 0.4) is 0 Å². The number of carbonyl (C=O) groups excluding carboxylic acids is 2. The highest BCUT2D eigenvalue weighted by Gasteiger charge is 2.15. The third-order valence-corrected chi connectivity index (χ3v) is 3.65. The van der Waals surface area contributed by atoms with E-state index in [2.05, 4.69) is 15.6 Å². The summed E-state index contributed by atoms with van der Waals surface area (Å²) in [5.41, 5.74) is 5.26. The third kappa shape index (κ3) is 4.32. The van der Waals surface area contributed by atoms with Gasteiger partial charge in [-0.1, -0.05) is 37.3 Å². The number of nitrogens with two attached hydrogens (primary N) is 1. The van der Waals surface area contributed by atoms with Crippen LogP contribution in [0.1, 0.15) is 49.0 Å². The van der Waals surface area contributed by atoms with Crippen molar-refractivity contribution >= 4 is 11.8 Å². The molecule has 0 atom stereocenters. The van der Waals surface area contributed by atoms with Crippen LogP contribution in [0.25, 0.3) is 0 Å². The number of amides is 2. The average molecular weight is 279 g/mol. The first-order valence-electron chi connectivity index (χ1n) is 7.12. The van der Waals surface area contributed by atoms with Gasteiger partial charge in [0.15, 0.2) is 5.69 Å². The molecule has 20 heavy (non-hydrogen) atoms. The van der Waals surface area contributed by atoms with Crippen molar-refractivity contribution in [2.24, 2.45) is 11.7 Å². The van der Waals surface area contributed by atoms with Crippen LogP contribution in [-0.2, 0) is 11.3 Å². The lowest BCUT2D eigenvalue weighted by molar-refractivity contribution is -0.118. The second-order valence-corrected chi connectivity index (χ2v) is 5.32. The van der Waals surface area contributed by atoms with Gasteiger partial charge in [-0.25, -0.2) is 4.68 Å². The van der Waals surface area contributed by atoms with Crippen molar-refractivity contribution in [1.29, 1.82) is 0 Å². The molecular formula is C13H21N5O2. The molecule has 1 heterocycles. The average Bonchev–Trinajstić information content (AvgIpc) is 2.87. The van der Waals surface area contributed by atoms with E-state index < -0.39 is 5.91 Å². The third-order valence-electron chi connectivity index (χ3n) is 3.65. The van der Waals surface area contributed by atoms with E-state index in [1.807, 2.05) is 0 Å². The molecule has 7 heteroatoms. The Morgan fingerprint density at radius 2 is 2.10 bits per heavy atom. The summed E-state index contributed by atoms with van der Waals surface area (Å²) in [6.45, 7) is 0.592. The number of hydrogen-bond donors (Lipinski definition) is 2. The highest BCUT2D eigenvalue weighted by molar-refractivity contribution is 5.91. The summed E-state index contributed by atoms with van der Waals surface area (Å²) in [4.78, 5) is 22.6. The molecule has 0 bridgehead atoms. The van der Waals surface area contributed by atoms with Gasteiger partial charge in [-0.15, -0.1) is 5.10 Å². The first-order chi connectivity index (χ1) is 9.65. The number of hydrogen-bond acceptors (Lipinski definition) is 4. The molecule has 0 aliphatic heterocycles. The van der Waals surface area contributed by atoms with Gasteiger partial charge in [0.25, 0.3) is 5.91 Å². The van der Waals surface area contributed by atoms with E-state index in [0.717, 1.165) is 12.3 Å². The van der Waals surface area contributed by atoms with Gasteiger partial charge in [-0.05, 0) is 12.3 Å². The van der Waals surface area contributed by atoms with E-state index in [1.165, 1.54) is 43.0 Å². The lowest BCUT2D eigenvalue weighted by Crippen LogP contribution is -2.26. The Morgan fingerprint density at radius 1 is 1.35 bits per heavy atom. The van der Waals surface area contributed by atoms with Crippen LogP contribution in [0.5, 0.6) is 0 Å². The molecule has 110 valence electrons. The van der Waals surface area contributed by atoms with Gasteiger partial charge in [-0.2, -0.15) is 0 Å². The fraction of sp³-hybridized carbons (Fsp3) is 0.692. The van der Waals surface area contributed by atoms with Crippen LogP contribution in [-0.4, -0.2) is 33.4 Å². The van der Waals surface area contributed by atoms with Crippen molar-refractivity contribution in [3.63, 3.8) is 0 Å². The van der Waals surface area contributed by atoms with Crippen molar-refractivity contribution in [3.8, 4) is 0 Å². The maximum atomic E-state index is 11.8. The topological polar surface area (TPSA) is 103 Å². The molecular weight excluding hydrogens is 258 g/mol. The van der Waals surface area contributed by atoms with E-state index in [1.54, 1.807) is 0 Å². The number of rotatable bonds is 6. The summed E-state index contributed by atoms with van der Waals surface area (Å²) in [5, 5.41) is 10.3. The maximum absolute atomic E-state index is 11.8. The van der Waals surface area contributed by atoms with Gasteiger partial charge in [0.2, 0.25) is 5.91 Å². The standard InChI is InChI=1S/C13H21N5O2/c14-12(19)9-18-8-11(16-17-18)13(20)15-7-6-10-4-2-1-3-5-10/h8,10H,1-7,9H2,(H2,14,19)(H,15,20). The number of nitrogens with one attached hydrogen (secondary N) is 1. The summed E-state index contributed by atoms with van der Waals surface area (Å²) >= 11 is 0. The van der Waals surface area contributed by atoms with Crippen LogP contribution in [0, 0.1) is 5.92 Å². The second-order valence-electron chi connectivity index (χ2n) is 5.32. The molecule has 2 rings (SSSR count). The molecule has 0 radical (unpaired) electrons. The van der Waals surface area contributed by atoms with Crippen LogP contribution in [0.15, 0.2) is 6.20 Å². The Kier molecular flexibility index (Phi) is 5.09. The van der Waals surface area contributed by atoms with Crippen molar-refractivity contribution < 1.29 is 9.59 Å². The molecule has 1 aromatic rings. The van der Waals surface area contributed by atoms with Gasteiger partial charge in [0.1, 0.15) is 6.54 Å². The Balaban J connectivity index is 1.73. The van der Waals surface area contributed by atoms with E-state index in [4.69, 9.17) is 5.73 Å². The Bertz CT molecular complexity index is 465. The lowest BCUT2D eigenvalue weighted by Gasteiger charge is -2.21. The van der Waals surface area contributed by atoms with Crippen LogP contribution in [0.2, 0.25) is 0 Å². The summed E-state index contributed by atoms with van der Waals surface area (Å²) in [7, 11) is 0. The van der Waals surface area contributed by atoms with E-state index >= 15 is 0 Å². The van der Waals surface area contributed by atoms with Crippen LogP contribution in [0.4, 0.5) is 0 Å². The van der Waals surface area contributed by atoms with Gasteiger partial charge in [-0.3, -0.25) is 9.59 Å². The fourth-order valence-electron chi connectivity index (χ4n) is 2.60. The minimum absolute atomic E-state index is 0.0671. The molecule has 2 amide bonds. The normalized spacial score (nSPS) is 16.0. The molecule has 1 aliphatic rings. The Morgan fingerprint density at radius 3 is 2.80 bits per heavy atom. The highest BCUT2D eigenvalue weighted by Crippen LogP contribution is 2.25. The zero-order valence-corrected chi connectivity index (χ0v) is 11.5. The summed E-state index contributed by atoms with van der Waals surface area (Å²) in [5.74, 6) is -0.0368. The molecule has 0 saturated heterocycles. The summed E-state index contributed by atoms with van der Waals surface area (Å²) in [6, 6.07) is 0. The largest absolute Gasteiger partial charge is 0.368 e. The lowest BCUT2D eigenvalue weighted by atomic mass is 9.87. The van der Waals surface area contributed by atoms with Crippen molar-refractivity contribution in [1.82, 2.24) is 20.3 Å². The zero-order valence-electron chi connectivity index (χ0n) is 11.5. The van der Waals surface area contributed by atoms with Crippen molar-refractivity contribution in [2.45, 2.75) is 45.1 Å². The first kappa shape index (κ1) is 14.5. The molecule has 0 unspecified atom stereocenters. The Labute approximate surface area is 117 Å². The van der Waals surface area contributed by atoms with E-state index in [0.29, 0.717) is 6.54 Å². The number of nitrogens with zero attached hydrogens (tertiary/aromatic N) is 3.